The van der Waals surface area contributed by atoms with Gasteiger partial charge in [-0.05, 0) is 11.4 Å². The van der Waals surface area contributed by atoms with Crippen molar-refractivity contribution in [2.75, 3.05) is 6.61 Å². The topological polar surface area (TPSA) is 125 Å². The van der Waals surface area contributed by atoms with Gasteiger partial charge in [-0.15, -0.1) is 0 Å². The Morgan fingerprint density at radius 1 is 1.32 bits per heavy atom. The van der Waals surface area contributed by atoms with Gasteiger partial charge in [-0.25, -0.2) is 4.79 Å². The molecule has 118 valence electrons. The van der Waals surface area contributed by atoms with E-state index in [-0.39, 0.29) is 5.69 Å². The van der Waals surface area contributed by atoms with E-state index in [4.69, 9.17) is 9.84 Å². The number of hydrogen-bond acceptors (Lipinski definition) is 7. The molecule has 0 radical (unpaired) electrons. The van der Waals surface area contributed by atoms with Crippen LogP contribution in [0.3, 0.4) is 0 Å². The quantitative estimate of drug-likeness (QED) is 0.566. The molecule has 2 aromatic heterocycles. The second kappa shape index (κ2) is 5.78. The summed E-state index contributed by atoms with van der Waals surface area (Å²) in [5, 5.41) is 32.6. The summed E-state index contributed by atoms with van der Waals surface area (Å²) in [6, 6.07) is 2.94. The molecule has 1 aliphatic heterocycles. The first-order valence-electron chi connectivity index (χ1n) is 6.54. The van der Waals surface area contributed by atoms with Gasteiger partial charge >= 0.3 is 5.69 Å². The van der Waals surface area contributed by atoms with Crippen molar-refractivity contribution in [2.24, 2.45) is 0 Å². The Bertz CT molecular complexity index is 768. The molecule has 0 amide bonds. The van der Waals surface area contributed by atoms with Crippen molar-refractivity contribution in [1.29, 1.82) is 0 Å². The van der Waals surface area contributed by atoms with Crippen LogP contribution in [0.15, 0.2) is 32.5 Å². The highest BCUT2D eigenvalue weighted by Crippen LogP contribution is 2.31. The summed E-state index contributed by atoms with van der Waals surface area (Å²) in [6.45, 7) is -0.499. The number of aliphatic hydroxyl groups excluding tert-OH is 3. The third-order valence-corrected chi connectivity index (χ3v) is 4.25. The predicted octanol–water partition coefficient (Wildman–Crippen LogP) is -1.12. The lowest BCUT2D eigenvalue weighted by Crippen LogP contribution is -2.38. The van der Waals surface area contributed by atoms with E-state index in [1.54, 1.807) is 16.8 Å². The van der Waals surface area contributed by atoms with Crippen molar-refractivity contribution < 1.29 is 20.1 Å². The average molecular weight is 326 g/mol. The first kappa shape index (κ1) is 15.1. The fourth-order valence-corrected chi connectivity index (χ4v) is 3.13. The van der Waals surface area contributed by atoms with Crippen LogP contribution in [-0.2, 0) is 4.74 Å². The van der Waals surface area contributed by atoms with Gasteiger partial charge in [0.15, 0.2) is 6.23 Å². The van der Waals surface area contributed by atoms with Crippen LogP contribution in [0.2, 0.25) is 0 Å². The number of aliphatic hydroxyl groups is 3. The van der Waals surface area contributed by atoms with Gasteiger partial charge in [0, 0.05) is 17.0 Å². The second-order valence-corrected chi connectivity index (χ2v) is 5.71. The molecule has 4 N–H and O–H groups in total. The first-order chi connectivity index (χ1) is 10.5. The maximum Gasteiger partial charge on any atom is 0.331 e. The average Bonchev–Trinajstić information content (AvgIpc) is 3.09. The molecule has 0 bridgehead atoms. The lowest BCUT2D eigenvalue weighted by atomic mass is 10.1. The van der Waals surface area contributed by atoms with E-state index in [0.717, 1.165) is 4.57 Å². The molecule has 2 aromatic rings. The van der Waals surface area contributed by atoms with Crippen LogP contribution < -0.4 is 11.2 Å². The molecule has 1 fully saturated rings. The minimum absolute atomic E-state index is 0.268. The minimum Gasteiger partial charge on any atom is -0.394 e. The van der Waals surface area contributed by atoms with Gasteiger partial charge < -0.3 is 20.1 Å². The summed E-state index contributed by atoms with van der Waals surface area (Å²) in [6.07, 6.45) is -4.94. The number of thiophene rings is 1. The number of nitrogens with zero attached hydrogens (tertiary/aromatic N) is 1. The molecule has 4 atom stereocenters. The Morgan fingerprint density at radius 2 is 2.09 bits per heavy atom. The number of rotatable bonds is 3. The number of aromatic nitrogens is 2. The molecule has 0 saturated carbocycles. The van der Waals surface area contributed by atoms with Gasteiger partial charge in [0.1, 0.15) is 18.3 Å². The van der Waals surface area contributed by atoms with E-state index in [2.05, 4.69) is 4.98 Å². The molecule has 3 heterocycles. The molecule has 1 saturated heterocycles. The molecule has 1 aliphatic rings. The Morgan fingerprint density at radius 3 is 2.68 bits per heavy atom. The van der Waals surface area contributed by atoms with E-state index in [1.165, 1.54) is 17.4 Å². The normalized spacial score (nSPS) is 28.1. The molecular formula is C13H14N2O6S. The van der Waals surface area contributed by atoms with Crippen LogP contribution in [0.5, 0.6) is 0 Å². The number of nitrogens with one attached hydrogen (secondary N) is 1. The third-order valence-electron chi connectivity index (χ3n) is 3.56. The zero-order chi connectivity index (χ0) is 15.9. The van der Waals surface area contributed by atoms with E-state index in [9.17, 15) is 19.8 Å². The number of aromatic amines is 1. The second-order valence-electron chi connectivity index (χ2n) is 4.93. The summed E-state index contributed by atoms with van der Waals surface area (Å²) >= 11 is 1.38. The summed E-state index contributed by atoms with van der Waals surface area (Å²) in [5.41, 5.74) is -0.450. The molecule has 8 nitrogen and oxygen atoms in total. The molecule has 9 heteroatoms. The van der Waals surface area contributed by atoms with Crippen LogP contribution in [0, 0.1) is 0 Å². The van der Waals surface area contributed by atoms with Crippen molar-refractivity contribution in [3.63, 3.8) is 0 Å². The highest BCUT2D eigenvalue weighted by atomic mass is 32.1. The Hall–Kier alpha value is -1.78. The monoisotopic (exact) mass is 326 g/mol. The molecule has 0 spiro atoms. The summed E-state index contributed by atoms with van der Waals surface area (Å²) in [5.74, 6) is 0. The predicted molar refractivity (Wildman–Crippen MR) is 77.6 cm³/mol. The smallest absolute Gasteiger partial charge is 0.331 e. The van der Waals surface area contributed by atoms with Crippen LogP contribution in [0.4, 0.5) is 0 Å². The Balaban J connectivity index is 2.15. The summed E-state index contributed by atoms with van der Waals surface area (Å²) in [7, 11) is 0. The van der Waals surface area contributed by atoms with Crippen molar-refractivity contribution in [2.45, 2.75) is 24.5 Å². The molecule has 0 aromatic carbocycles. The van der Waals surface area contributed by atoms with Crippen molar-refractivity contribution in [1.82, 2.24) is 9.55 Å². The maximum atomic E-state index is 12.2. The molecule has 0 aliphatic carbocycles. The van der Waals surface area contributed by atoms with Gasteiger partial charge in [0.2, 0.25) is 0 Å². The number of ether oxygens (including phenoxy) is 1. The Labute approximate surface area is 127 Å². The summed E-state index contributed by atoms with van der Waals surface area (Å²) in [4.78, 5) is 25.9. The fourth-order valence-electron chi connectivity index (χ4n) is 2.48. The van der Waals surface area contributed by atoms with Crippen LogP contribution in [-0.4, -0.2) is 49.8 Å². The van der Waals surface area contributed by atoms with Crippen LogP contribution in [0.25, 0.3) is 11.3 Å². The van der Waals surface area contributed by atoms with E-state index >= 15 is 0 Å². The van der Waals surface area contributed by atoms with Crippen LogP contribution in [0.1, 0.15) is 6.23 Å². The largest absolute Gasteiger partial charge is 0.394 e. The van der Waals surface area contributed by atoms with Crippen molar-refractivity contribution in [3.8, 4) is 11.3 Å². The zero-order valence-corrected chi connectivity index (χ0v) is 12.1. The maximum absolute atomic E-state index is 12.2. The Kier molecular flexibility index (Phi) is 3.98. The first-order valence-corrected chi connectivity index (χ1v) is 7.48. The standard InChI is InChI=1S/C13H14N2O6S/c16-4-8-10(18)11(19)12(21-8)15-7(6-1-2-22-5-6)3-9(17)14-13(15)20/h1-3,5,8,10-12,16,18-19H,4H2,(H,14,17,20)/t8-,10-,11-,12-/m1/s1. The van der Waals surface area contributed by atoms with E-state index < -0.39 is 42.4 Å². The van der Waals surface area contributed by atoms with Crippen molar-refractivity contribution >= 4 is 11.3 Å². The lowest BCUT2D eigenvalue weighted by molar-refractivity contribution is -0.0541. The van der Waals surface area contributed by atoms with E-state index in [0.29, 0.717) is 5.56 Å². The van der Waals surface area contributed by atoms with Crippen LogP contribution >= 0.6 is 11.3 Å². The van der Waals surface area contributed by atoms with Gasteiger partial charge in [0.25, 0.3) is 5.56 Å². The molecular weight excluding hydrogens is 312 g/mol. The molecule has 0 unspecified atom stereocenters. The van der Waals surface area contributed by atoms with Gasteiger partial charge in [0.05, 0.1) is 12.3 Å². The van der Waals surface area contributed by atoms with Gasteiger partial charge in [-0.2, -0.15) is 11.3 Å². The fraction of sp³-hybridized carbons (Fsp3) is 0.385. The minimum atomic E-state index is -1.40. The number of hydrogen-bond donors (Lipinski definition) is 4. The lowest BCUT2D eigenvalue weighted by Gasteiger charge is -2.20. The van der Waals surface area contributed by atoms with Gasteiger partial charge in [-0.3, -0.25) is 14.3 Å². The van der Waals surface area contributed by atoms with E-state index in [1.807, 2.05) is 0 Å². The highest BCUT2D eigenvalue weighted by Gasteiger charge is 2.44. The SMILES string of the molecule is O=c1cc(-c2ccsc2)n([C@@H]2O[C@H](CO)[C@@H](O)[C@H]2O)c(=O)[nH]1. The molecule has 3 rings (SSSR count). The molecule has 22 heavy (non-hydrogen) atoms. The zero-order valence-electron chi connectivity index (χ0n) is 11.2. The summed E-state index contributed by atoms with van der Waals surface area (Å²) < 4.78 is 6.45. The number of H-pyrrole nitrogens is 1. The third kappa shape index (κ3) is 2.42. The van der Waals surface area contributed by atoms with Crippen molar-refractivity contribution in [3.05, 3.63) is 43.7 Å². The highest BCUT2D eigenvalue weighted by molar-refractivity contribution is 7.08. The van der Waals surface area contributed by atoms with Gasteiger partial charge in [-0.1, -0.05) is 0 Å².